The number of carbonyl (C=O) groups excluding carboxylic acids is 1. The third-order valence-corrected chi connectivity index (χ3v) is 5.79. The van der Waals surface area contributed by atoms with E-state index >= 15 is 0 Å². The maximum Gasteiger partial charge on any atom is 0.306 e. The molecule has 0 aromatic heterocycles. The number of nitrogens with one attached hydrogen (secondary N) is 1. The molecule has 5 nitrogen and oxygen atoms in total. The van der Waals surface area contributed by atoms with E-state index in [9.17, 15) is 9.59 Å². The normalized spacial score (nSPS) is 15.4. The molecule has 28 heavy (non-hydrogen) atoms. The van der Waals surface area contributed by atoms with Gasteiger partial charge in [0.2, 0.25) is 5.91 Å². The molecular weight excluding hydrogens is 399 g/mol. The van der Waals surface area contributed by atoms with Crippen LogP contribution in [0.15, 0.2) is 42.5 Å². The molecule has 1 fully saturated rings. The predicted molar refractivity (Wildman–Crippen MR) is 111 cm³/mol. The molecule has 2 N–H and O–H groups in total. The molecule has 1 aliphatic rings. The minimum Gasteiger partial charge on any atom is -0.481 e. The highest BCUT2D eigenvalue weighted by molar-refractivity contribution is 6.42. The summed E-state index contributed by atoms with van der Waals surface area (Å²) < 4.78 is 0. The van der Waals surface area contributed by atoms with Crippen LogP contribution in [0.1, 0.15) is 24.0 Å². The van der Waals surface area contributed by atoms with Crippen molar-refractivity contribution < 1.29 is 14.7 Å². The van der Waals surface area contributed by atoms with Gasteiger partial charge in [-0.2, -0.15) is 0 Å². The lowest BCUT2D eigenvalue weighted by Crippen LogP contribution is -2.35. The zero-order valence-corrected chi connectivity index (χ0v) is 16.8. The average molecular weight is 421 g/mol. The van der Waals surface area contributed by atoms with E-state index in [0.29, 0.717) is 28.5 Å². The highest BCUT2D eigenvalue weighted by Gasteiger charge is 2.24. The van der Waals surface area contributed by atoms with Crippen molar-refractivity contribution in [3.8, 4) is 0 Å². The molecule has 0 atom stereocenters. The van der Waals surface area contributed by atoms with Gasteiger partial charge in [0.15, 0.2) is 0 Å². The van der Waals surface area contributed by atoms with E-state index in [1.54, 1.807) is 18.2 Å². The first-order chi connectivity index (χ1) is 13.4. The molecule has 2 aromatic carbocycles. The van der Waals surface area contributed by atoms with E-state index in [-0.39, 0.29) is 18.2 Å². The lowest BCUT2D eigenvalue weighted by molar-refractivity contribution is -0.143. The van der Waals surface area contributed by atoms with Crippen LogP contribution in [0.4, 0.5) is 5.69 Å². The van der Waals surface area contributed by atoms with E-state index in [1.807, 2.05) is 24.3 Å². The number of hydrogen-bond donors (Lipinski definition) is 2. The number of likely N-dealkylation sites (tertiary alicyclic amines) is 1. The zero-order chi connectivity index (χ0) is 20.1. The molecule has 0 spiro atoms. The largest absolute Gasteiger partial charge is 0.481 e. The van der Waals surface area contributed by atoms with Gasteiger partial charge < -0.3 is 10.4 Å². The molecule has 3 rings (SSSR count). The van der Waals surface area contributed by atoms with Crippen LogP contribution in [0, 0.1) is 5.92 Å². The van der Waals surface area contributed by atoms with Gasteiger partial charge in [0.25, 0.3) is 0 Å². The van der Waals surface area contributed by atoms with Gasteiger partial charge >= 0.3 is 5.97 Å². The summed E-state index contributed by atoms with van der Waals surface area (Å²) in [4.78, 5) is 25.7. The summed E-state index contributed by atoms with van der Waals surface area (Å²) >= 11 is 12.1. The van der Waals surface area contributed by atoms with Crippen LogP contribution in [0.3, 0.4) is 0 Å². The van der Waals surface area contributed by atoms with Crippen molar-refractivity contribution in [3.63, 3.8) is 0 Å². The number of piperidine rings is 1. The minimum atomic E-state index is -0.704. The number of aliphatic carboxylic acids is 1. The molecule has 1 saturated heterocycles. The topological polar surface area (TPSA) is 69.6 Å². The second-order valence-corrected chi connectivity index (χ2v) is 7.81. The fraction of sp³-hybridized carbons (Fsp3) is 0.333. The Morgan fingerprint density at radius 1 is 1.11 bits per heavy atom. The Labute approximate surface area is 174 Å². The van der Waals surface area contributed by atoms with Crippen LogP contribution in [-0.4, -0.2) is 35.0 Å². The highest BCUT2D eigenvalue weighted by Crippen LogP contribution is 2.26. The third-order valence-electron chi connectivity index (χ3n) is 4.94. The van der Waals surface area contributed by atoms with Crippen molar-refractivity contribution in [2.45, 2.75) is 25.8 Å². The number of hydrogen-bond acceptors (Lipinski definition) is 3. The fourth-order valence-electron chi connectivity index (χ4n) is 3.41. The molecule has 0 saturated carbocycles. The summed E-state index contributed by atoms with van der Waals surface area (Å²) in [5.41, 5.74) is 2.48. The van der Waals surface area contributed by atoms with Crippen LogP contribution in [0.2, 0.25) is 10.0 Å². The van der Waals surface area contributed by atoms with E-state index in [1.165, 1.54) is 0 Å². The Bertz CT molecular complexity index is 864. The van der Waals surface area contributed by atoms with Crippen molar-refractivity contribution in [2.24, 2.45) is 5.92 Å². The maximum atomic E-state index is 12.4. The predicted octanol–water partition coefficient (Wildman–Crippen LogP) is 4.47. The Hall–Kier alpha value is -2.08. The van der Waals surface area contributed by atoms with Gasteiger partial charge in [-0.05, 0) is 55.3 Å². The minimum absolute atomic E-state index is 0.145. The van der Waals surface area contributed by atoms with Crippen LogP contribution in [0.5, 0.6) is 0 Å². The summed E-state index contributed by atoms with van der Waals surface area (Å²) in [5.74, 6) is -1.10. The first-order valence-corrected chi connectivity index (χ1v) is 9.95. The van der Waals surface area contributed by atoms with Gasteiger partial charge in [-0.25, -0.2) is 0 Å². The Balaban J connectivity index is 1.57. The summed E-state index contributed by atoms with van der Waals surface area (Å²) in [6, 6.07) is 12.9. The second kappa shape index (κ2) is 9.41. The third kappa shape index (κ3) is 5.47. The number of carboxylic acids is 1. The van der Waals surface area contributed by atoms with Gasteiger partial charge in [0.05, 0.1) is 22.4 Å². The fourth-order valence-corrected chi connectivity index (χ4v) is 3.79. The number of carbonyl (C=O) groups is 2. The number of nitrogens with zero attached hydrogens (tertiary/aromatic N) is 1. The molecular formula is C21H22Cl2N2O3. The standard InChI is InChI=1S/C21H22Cl2N2O3/c22-18-6-2-4-16(20(18)23)12-19(26)24-17-5-1-3-14(11-17)13-25-9-7-15(8-10-25)21(27)28/h1-6,11,15H,7-10,12-13H2,(H,24,26)(H,27,28). The average Bonchev–Trinajstić information content (AvgIpc) is 2.66. The van der Waals surface area contributed by atoms with Gasteiger partial charge in [0, 0.05) is 12.2 Å². The number of halogens is 2. The molecule has 0 bridgehead atoms. The second-order valence-electron chi connectivity index (χ2n) is 7.03. The van der Waals surface area contributed by atoms with E-state index in [2.05, 4.69) is 10.2 Å². The number of rotatable bonds is 6. The monoisotopic (exact) mass is 420 g/mol. The van der Waals surface area contributed by atoms with Crippen LogP contribution < -0.4 is 5.32 Å². The molecule has 1 aliphatic heterocycles. The van der Waals surface area contributed by atoms with Gasteiger partial charge in [-0.1, -0.05) is 47.5 Å². The molecule has 0 aliphatic carbocycles. The van der Waals surface area contributed by atoms with Crippen LogP contribution in [-0.2, 0) is 22.6 Å². The van der Waals surface area contributed by atoms with Crippen LogP contribution in [0.25, 0.3) is 0 Å². The quantitative estimate of drug-likeness (QED) is 0.722. The molecule has 7 heteroatoms. The number of anilines is 1. The van der Waals surface area contributed by atoms with E-state index < -0.39 is 5.97 Å². The number of carboxylic acid groups (broad SMARTS) is 1. The maximum absolute atomic E-state index is 12.4. The first kappa shape index (κ1) is 20.6. The molecule has 0 unspecified atom stereocenters. The van der Waals surface area contributed by atoms with E-state index in [4.69, 9.17) is 28.3 Å². The molecule has 1 heterocycles. The van der Waals surface area contributed by atoms with Crippen molar-refractivity contribution >= 4 is 40.8 Å². The van der Waals surface area contributed by atoms with Gasteiger partial charge in [-0.15, -0.1) is 0 Å². The summed E-state index contributed by atoms with van der Waals surface area (Å²) in [6.45, 7) is 2.26. The Morgan fingerprint density at radius 2 is 1.82 bits per heavy atom. The number of benzene rings is 2. The smallest absolute Gasteiger partial charge is 0.306 e. The molecule has 2 aromatic rings. The van der Waals surface area contributed by atoms with Crippen molar-refractivity contribution in [1.29, 1.82) is 0 Å². The lowest BCUT2D eigenvalue weighted by atomic mass is 9.97. The van der Waals surface area contributed by atoms with Gasteiger partial charge in [-0.3, -0.25) is 14.5 Å². The summed E-state index contributed by atoms with van der Waals surface area (Å²) in [7, 11) is 0. The molecule has 148 valence electrons. The van der Waals surface area contributed by atoms with Crippen LogP contribution >= 0.6 is 23.2 Å². The lowest BCUT2D eigenvalue weighted by Gasteiger charge is -2.30. The van der Waals surface area contributed by atoms with Gasteiger partial charge in [0.1, 0.15) is 0 Å². The van der Waals surface area contributed by atoms with Crippen molar-refractivity contribution in [2.75, 3.05) is 18.4 Å². The highest BCUT2D eigenvalue weighted by atomic mass is 35.5. The van der Waals surface area contributed by atoms with E-state index in [0.717, 1.165) is 30.9 Å². The molecule has 1 amide bonds. The van der Waals surface area contributed by atoms with Crippen molar-refractivity contribution in [1.82, 2.24) is 4.90 Å². The summed E-state index contributed by atoms with van der Waals surface area (Å²) in [6.07, 6.45) is 1.49. The first-order valence-electron chi connectivity index (χ1n) is 9.19. The summed E-state index contributed by atoms with van der Waals surface area (Å²) in [5, 5.41) is 12.8. The zero-order valence-electron chi connectivity index (χ0n) is 15.3. The Morgan fingerprint density at radius 3 is 2.54 bits per heavy atom. The Kier molecular flexibility index (Phi) is 6.94. The van der Waals surface area contributed by atoms with Crippen molar-refractivity contribution in [3.05, 3.63) is 63.6 Å². The molecule has 0 radical (unpaired) electrons. The SMILES string of the molecule is O=C(Cc1cccc(Cl)c1Cl)Nc1cccc(CN2CCC(C(=O)O)CC2)c1. The number of amides is 1.